The average molecular weight is 206 g/mol. The molecular weight excluding hydrogens is 192 g/mol. The number of imidazole rings is 1. The molecule has 5 heteroatoms. The monoisotopic (exact) mass is 206 g/mol. The van der Waals surface area contributed by atoms with Crippen LogP contribution in [0, 0.1) is 16.7 Å². The van der Waals surface area contributed by atoms with E-state index in [1.165, 1.54) is 0 Å². The second-order valence-electron chi connectivity index (χ2n) is 3.82. The molecule has 1 heterocycles. The number of nitrogens with zero attached hydrogens (tertiary/aromatic N) is 2. The van der Waals surface area contributed by atoms with Gasteiger partial charge in [0.25, 0.3) is 0 Å². The molecule has 80 valence electrons. The number of carbonyl (C=O) groups excluding carboxylic acids is 1. The van der Waals surface area contributed by atoms with Crippen molar-refractivity contribution in [2.24, 2.45) is 5.41 Å². The first-order valence-corrected chi connectivity index (χ1v) is 4.73. The number of nitrogens with one attached hydrogen (secondary N) is 2. The van der Waals surface area contributed by atoms with E-state index in [4.69, 9.17) is 5.26 Å². The smallest absolute Gasteiger partial charge is 0.239 e. The lowest BCUT2D eigenvalue weighted by Gasteiger charge is -2.14. The summed E-state index contributed by atoms with van der Waals surface area (Å²) in [4.78, 5) is 18.3. The van der Waals surface area contributed by atoms with Crippen LogP contribution < -0.4 is 5.32 Å². The minimum absolute atomic E-state index is 0.246. The molecule has 0 aliphatic heterocycles. The van der Waals surface area contributed by atoms with Crippen LogP contribution in [0.4, 0.5) is 0 Å². The van der Waals surface area contributed by atoms with Gasteiger partial charge in [0, 0.05) is 24.9 Å². The van der Waals surface area contributed by atoms with Crippen LogP contribution in [0.25, 0.3) is 0 Å². The number of H-pyrrole nitrogens is 1. The van der Waals surface area contributed by atoms with E-state index in [2.05, 4.69) is 15.3 Å². The third kappa shape index (κ3) is 3.09. The van der Waals surface area contributed by atoms with Gasteiger partial charge < -0.3 is 10.3 Å². The van der Waals surface area contributed by atoms with Gasteiger partial charge in [0.15, 0.2) is 0 Å². The maximum Gasteiger partial charge on any atom is 0.239 e. The predicted molar refractivity (Wildman–Crippen MR) is 54.7 cm³/mol. The van der Waals surface area contributed by atoms with Crippen molar-refractivity contribution in [1.29, 1.82) is 5.26 Å². The number of hydrogen-bond donors (Lipinski definition) is 2. The molecule has 15 heavy (non-hydrogen) atoms. The number of hydrogen-bond acceptors (Lipinski definition) is 3. The fourth-order valence-corrected chi connectivity index (χ4v) is 1.00. The maximum atomic E-state index is 11.5. The Bertz CT molecular complexity index is 361. The molecule has 0 bridgehead atoms. The molecular formula is C10H14N4O. The van der Waals surface area contributed by atoms with E-state index in [0.29, 0.717) is 13.0 Å². The average Bonchev–Trinajstić information content (AvgIpc) is 2.70. The molecule has 1 amide bonds. The topological polar surface area (TPSA) is 81.6 Å². The van der Waals surface area contributed by atoms with Crippen molar-refractivity contribution in [2.75, 3.05) is 6.54 Å². The number of rotatable bonds is 4. The van der Waals surface area contributed by atoms with Gasteiger partial charge >= 0.3 is 0 Å². The summed E-state index contributed by atoms with van der Waals surface area (Å²) in [5.74, 6) is -0.246. The zero-order chi connectivity index (χ0) is 11.3. The lowest BCUT2D eigenvalue weighted by molar-refractivity contribution is -0.126. The van der Waals surface area contributed by atoms with Crippen LogP contribution in [0.3, 0.4) is 0 Å². The molecule has 2 N–H and O–H groups in total. The van der Waals surface area contributed by atoms with E-state index >= 15 is 0 Å². The summed E-state index contributed by atoms with van der Waals surface area (Å²) in [6.07, 6.45) is 3.99. The van der Waals surface area contributed by atoms with Gasteiger partial charge in [-0.1, -0.05) is 0 Å². The second-order valence-corrected chi connectivity index (χ2v) is 3.82. The van der Waals surface area contributed by atoms with Crippen molar-refractivity contribution in [2.45, 2.75) is 20.3 Å². The predicted octanol–water partition coefficient (Wildman–Crippen LogP) is 0.618. The number of carbonyl (C=O) groups is 1. The molecule has 1 aromatic heterocycles. The highest BCUT2D eigenvalue weighted by Crippen LogP contribution is 2.12. The molecule has 0 aliphatic carbocycles. The lowest BCUT2D eigenvalue weighted by atomic mass is 9.95. The fraction of sp³-hybridized carbons (Fsp3) is 0.500. The van der Waals surface area contributed by atoms with Gasteiger partial charge in [0.1, 0.15) is 5.41 Å². The van der Waals surface area contributed by atoms with Crippen LogP contribution in [-0.2, 0) is 11.2 Å². The number of aromatic amines is 1. The van der Waals surface area contributed by atoms with Gasteiger partial charge in [-0.2, -0.15) is 5.26 Å². The molecule has 0 saturated heterocycles. The van der Waals surface area contributed by atoms with E-state index in [-0.39, 0.29) is 5.91 Å². The first kappa shape index (κ1) is 11.2. The molecule has 0 radical (unpaired) electrons. The van der Waals surface area contributed by atoms with Gasteiger partial charge in [-0.15, -0.1) is 0 Å². The van der Waals surface area contributed by atoms with Gasteiger partial charge in [-0.25, -0.2) is 4.98 Å². The van der Waals surface area contributed by atoms with Crippen molar-refractivity contribution in [3.05, 3.63) is 18.2 Å². The Balaban J connectivity index is 2.33. The molecule has 1 rings (SSSR count). The van der Waals surface area contributed by atoms with Crippen molar-refractivity contribution in [3.8, 4) is 6.07 Å². The zero-order valence-corrected chi connectivity index (χ0v) is 8.87. The largest absolute Gasteiger partial charge is 0.354 e. The van der Waals surface area contributed by atoms with Crippen molar-refractivity contribution < 1.29 is 4.79 Å². The van der Waals surface area contributed by atoms with Crippen LogP contribution in [-0.4, -0.2) is 22.4 Å². The minimum Gasteiger partial charge on any atom is -0.354 e. The van der Waals surface area contributed by atoms with Crippen LogP contribution in [0.2, 0.25) is 0 Å². The molecule has 0 fully saturated rings. The Morgan fingerprint density at radius 1 is 1.73 bits per heavy atom. The molecule has 0 unspecified atom stereocenters. The quantitative estimate of drug-likeness (QED) is 0.757. The van der Waals surface area contributed by atoms with Crippen molar-refractivity contribution in [1.82, 2.24) is 15.3 Å². The van der Waals surface area contributed by atoms with Gasteiger partial charge in [0.05, 0.1) is 12.4 Å². The molecule has 1 aromatic rings. The highest BCUT2D eigenvalue weighted by atomic mass is 16.2. The number of nitriles is 1. The van der Waals surface area contributed by atoms with E-state index in [9.17, 15) is 4.79 Å². The standard InChI is InChI=1S/C10H14N4O/c1-10(2,6-11)9(15)13-4-3-8-5-12-7-14-8/h5,7H,3-4H2,1-2H3,(H,12,14)(H,13,15). The first-order valence-electron chi connectivity index (χ1n) is 4.73. The third-order valence-corrected chi connectivity index (χ3v) is 2.08. The van der Waals surface area contributed by atoms with E-state index < -0.39 is 5.41 Å². The van der Waals surface area contributed by atoms with Crippen molar-refractivity contribution >= 4 is 5.91 Å². The Kier molecular flexibility index (Phi) is 3.45. The van der Waals surface area contributed by atoms with E-state index in [1.54, 1.807) is 26.4 Å². The normalized spacial score (nSPS) is 10.7. The second kappa shape index (κ2) is 4.60. The fourth-order valence-electron chi connectivity index (χ4n) is 1.00. The third-order valence-electron chi connectivity index (χ3n) is 2.08. The van der Waals surface area contributed by atoms with Gasteiger partial charge in [-0.05, 0) is 13.8 Å². The highest BCUT2D eigenvalue weighted by molar-refractivity contribution is 5.84. The van der Waals surface area contributed by atoms with Crippen molar-refractivity contribution in [3.63, 3.8) is 0 Å². The molecule has 0 aromatic carbocycles. The first-order chi connectivity index (χ1) is 7.06. The summed E-state index contributed by atoms with van der Waals surface area (Å²) in [5.41, 5.74) is -0.00128. The summed E-state index contributed by atoms with van der Waals surface area (Å²) in [6, 6.07) is 1.95. The Labute approximate surface area is 88.5 Å². The molecule has 0 saturated carbocycles. The Hall–Kier alpha value is -1.83. The summed E-state index contributed by atoms with van der Waals surface area (Å²) < 4.78 is 0. The number of amides is 1. The minimum atomic E-state index is -0.964. The highest BCUT2D eigenvalue weighted by Gasteiger charge is 2.26. The summed E-state index contributed by atoms with van der Waals surface area (Å²) in [6.45, 7) is 3.70. The van der Waals surface area contributed by atoms with Crippen LogP contribution in [0.1, 0.15) is 19.5 Å². The van der Waals surface area contributed by atoms with Gasteiger partial charge in [0.2, 0.25) is 5.91 Å². The lowest BCUT2D eigenvalue weighted by Crippen LogP contribution is -2.37. The molecule has 0 aliphatic rings. The summed E-state index contributed by atoms with van der Waals surface area (Å²) in [7, 11) is 0. The van der Waals surface area contributed by atoms with Crippen LogP contribution >= 0.6 is 0 Å². The molecule has 0 spiro atoms. The Morgan fingerprint density at radius 2 is 2.47 bits per heavy atom. The molecule has 0 atom stereocenters. The maximum absolute atomic E-state index is 11.5. The zero-order valence-electron chi connectivity index (χ0n) is 8.87. The Morgan fingerprint density at radius 3 is 3.00 bits per heavy atom. The number of aromatic nitrogens is 2. The van der Waals surface area contributed by atoms with E-state index in [0.717, 1.165) is 5.69 Å². The van der Waals surface area contributed by atoms with Gasteiger partial charge in [-0.3, -0.25) is 4.79 Å². The van der Waals surface area contributed by atoms with E-state index in [1.807, 2.05) is 6.07 Å². The summed E-state index contributed by atoms with van der Waals surface area (Å²) in [5, 5.41) is 11.4. The summed E-state index contributed by atoms with van der Waals surface area (Å²) >= 11 is 0. The molecule has 5 nitrogen and oxygen atoms in total. The van der Waals surface area contributed by atoms with Crippen LogP contribution in [0.5, 0.6) is 0 Å². The SMILES string of the molecule is CC(C)(C#N)C(=O)NCCc1cnc[nH]1. The van der Waals surface area contributed by atoms with Crippen LogP contribution in [0.15, 0.2) is 12.5 Å².